The highest BCUT2D eigenvalue weighted by molar-refractivity contribution is 7.15. The fourth-order valence-electron chi connectivity index (χ4n) is 3.29. The van der Waals surface area contributed by atoms with Crippen LogP contribution in [0.4, 0.5) is 5.82 Å². The van der Waals surface area contributed by atoms with Crippen LogP contribution in [0.1, 0.15) is 18.5 Å². The van der Waals surface area contributed by atoms with E-state index in [4.69, 9.17) is 0 Å². The topological polar surface area (TPSA) is 62.5 Å². The van der Waals surface area contributed by atoms with Gasteiger partial charge in [-0.2, -0.15) is 0 Å². The largest absolute Gasteiger partial charge is 0.356 e. The summed E-state index contributed by atoms with van der Waals surface area (Å²) in [7, 11) is 0. The third-order valence-electron chi connectivity index (χ3n) is 4.59. The zero-order chi connectivity index (χ0) is 17.1. The van der Waals surface area contributed by atoms with Gasteiger partial charge in [-0.15, -0.1) is 11.3 Å². The number of aromatic nitrogens is 3. The number of piperidine rings is 1. The minimum atomic E-state index is 0.0289. The van der Waals surface area contributed by atoms with Crippen LogP contribution < -0.4 is 10.2 Å². The molecule has 0 aromatic carbocycles. The average molecular weight is 355 g/mol. The Hall–Kier alpha value is -2.41. The quantitative estimate of drug-likeness (QED) is 0.763. The summed E-state index contributed by atoms with van der Waals surface area (Å²) >= 11 is 1.62. The third-order valence-corrected chi connectivity index (χ3v) is 5.36. The summed E-state index contributed by atoms with van der Waals surface area (Å²) in [6, 6.07) is 5.91. The zero-order valence-corrected chi connectivity index (χ0v) is 14.8. The summed E-state index contributed by atoms with van der Waals surface area (Å²) in [5.41, 5.74) is 1.02. The number of nitrogens with one attached hydrogen (secondary N) is 1. The van der Waals surface area contributed by atoms with Gasteiger partial charge in [0.2, 0.25) is 5.91 Å². The lowest BCUT2D eigenvalue weighted by Crippen LogP contribution is -2.43. The van der Waals surface area contributed by atoms with Crippen molar-refractivity contribution in [2.75, 3.05) is 24.5 Å². The van der Waals surface area contributed by atoms with Crippen LogP contribution in [0.25, 0.3) is 4.96 Å². The SMILES string of the molecule is O=C(NCCc1cn2ccsc2n1)C1CCCN(c2ccccn2)C1. The number of thiazole rings is 1. The first-order valence-corrected chi connectivity index (χ1v) is 9.52. The van der Waals surface area contributed by atoms with Crippen molar-refractivity contribution < 1.29 is 4.79 Å². The number of nitrogens with zero attached hydrogens (tertiary/aromatic N) is 4. The van der Waals surface area contributed by atoms with Gasteiger partial charge in [0.1, 0.15) is 5.82 Å². The molecule has 1 amide bonds. The predicted octanol–water partition coefficient (Wildman–Crippen LogP) is 2.37. The van der Waals surface area contributed by atoms with Gasteiger partial charge >= 0.3 is 0 Å². The molecule has 1 unspecified atom stereocenters. The van der Waals surface area contributed by atoms with Crippen LogP contribution in [0.3, 0.4) is 0 Å². The van der Waals surface area contributed by atoms with E-state index in [1.165, 1.54) is 0 Å². The Kier molecular flexibility index (Phi) is 4.65. The smallest absolute Gasteiger partial charge is 0.224 e. The van der Waals surface area contributed by atoms with Crippen LogP contribution in [0.15, 0.2) is 42.2 Å². The van der Waals surface area contributed by atoms with Gasteiger partial charge in [-0.3, -0.25) is 9.20 Å². The Morgan fingerprint density at radius 1 is 1.40 bits per heavy atom. The lowest BCUT2D eigenvalue weighted by Gasteiger charge is -2.32. The second-order valence-electron chi connectivity index (χ2n) is 6.34. The number of rotatable bonds is 5. The minimum absolute atomic E-state index is 0.0289. The molecule has 4 rings (SSSR count). The van der Waals surface area contributed by atoms with Gasteiger partial charge in [0.25, 0.3) is 0 Å². The molecule has 7 heteroatoms. The molecule has 1 N–H and O–H groups in total. The third kappa shape index (κ3) is 3.66. The molecule has 1 aliphatic rings. The molecule has 1 saturated heterocycles. The molecule has 130 valence electrons. The number of amides is 1. The maximum Gasteiger partial charge on any atom is 0.224 e. The lowest BCUT2D eigenvalue weighted by atomic mass is 9.97. The molecule has 1 aliphatic heterocycles. The lowest BCUT2D eigenvalue weighted by molar-refractivity contribution is -0.125. The van der Waals surface area contributed by atoms with E-state index in [0.717, 1.165) is 48.8 Å². The molecule has 0 aliphatic carbocycles. The van der Waals surface area contributed by atoms with Crippen molar-refractivity contribution in [3.8, 4) is 0 Å². The highest BCUT2D eigenvalue weighted by atomic mass is 32.1. The van der Waals surface area contributed by atoms with E-state index < -0.39 is 0 Å². The Labute approximate surface area is 150 Å². The number of pyridine rings is 1. The number of carbonyl (C=O) groups excluding carboxylic acids is 1. The molecule has 0 saturated carbocycles. The molecule has 0 spiro atoms. The fourth-order valence-corrected chi connectivity index (χ4v) is 4.01. The van der Waals surface area contributed by atoms with Gasteiger partial charge in [0, 0.05) is 50.0 Å². The van der Waals surface area contributed by atoms with Crippen LogP contribution in [0, 0.1) is 5.92 Å². The maximum atomic E-state index is 12.5. The van der Waals surface area contributed by atoms with E-state index in [2.05, 4.69) is 20.2 Å². The van der Waals surface area contributed by atoms with Crippen LogP contribution in [0.2, 0.25) is 0 Å². The molecule has 6 nitrogen and oxygen atoms in total. The van der Waals surface area contributed by atoms with Crippen molar-refractivity contribution in [2.24, 2.45) is 5.92 Å². The first-order valence-electron chi connectivity index (χ1n) is 8.64. The maximum absolute atomic E-state index is 12.5. The first kappa shape index (κ1) is 16.1. The van der Waals surface area contributed by atoms with Gasteiger partial charge in [0.15, 0.2) is 4.96 Å². The predicted molar refractivity (Wildman–Crippen MR) is 99.0 cm³/mol. The van der Waals surface area contributed by atoms with Gasteiger partial charge in [-0.25, -0.2) is 9.97 Å². The summed E-state index contributed by atoms with van der Waals surface area (Å²) in [6.45, 7) is 2.33. The van der Waals surface area contributed by atoms with Crippen LogP contribution in [0.5, 0.6) is 0 Å². The van der Waals surface area contributed by atoms with Crippen LogP contribution in [-0.2, 0) is 11.2 Å². The second-order valence-corrected chi connectivity index (χ2v) is 7.21. The standard InChI is InChI=1S/C18H21N5OS/c24-17(20-8-6-15-13-23-10-11-25-18(23)21-15)14-4-3-9-22(12-14)16-5-1-2-7-19-16/h1-2,5,7,10-11,13-14H,3-4,6,8-9,12H2,(H,20,24). The number of imidazole rings is 1. The molecule has 25 heavy (non-hydrogen) atoms. The molecular formula is C18H21N5OS. The molecule has 0 bridgehead atoms. The normalized spacial score (nSPS) is 17.8. The van der Waals surface area contributed by atoms with Crippen molar-refractivity contribution >= 4 is 28.0 Å². The van der Waals surface area contributed by atoms with Gasteiger partial charge in [-0.05, 0) is 25.0 Å². The number of carbonyl (C=O) groups is 1. The summed E-state index contributed by atoms with van der Waals surface area (Å²) in [5.74, 6) is 1.13. The number of hydrogen-bond donors (Lipinski definition) is 1. The van der Waals surface area contributed by atoms with Crippen molar-refractivity contribution in [3.63, 3.8) is 0 Å². The molecule has 3 aromatic heterocycles. The monoisotopic (exact) mass is 355 g/mol. The van der Waals surface area contributed by atoms with Gasteiger partial charge in [0.05, 0.1) is 11.6 Å². The zero-order valence-electron chi connectivity index (χ0n) is 14.0. The van der Waals surface area contributed by atoms with Gasteiger partial charge < -0.3 is 10.2 Å². The van der Waals surface area contributed by atoms with Gasteiger partial charge in [-0.1, -0.05) is 6.07 Å². The average Bonchev–Trinajstić information content (AvgIpc) is 3.24. The van der Waals surface area contributed by atoms with Crippen molar-refractivity contribution in [3.05, 3.63) is 47.9 Å². The van der Waals surface area contributed by atoms with E-state index in [9.17, 15) is 4.79 Å². The fraction of sp³-hybridized carbons (Fsp3) is 0.389. The molecular weight excluding hydrogens is 334 g/mol. The summed E-state index contributed by atoms with van der Waals surface area (Å²) in [5, 5.41) is 5.10. The Bertz CT molecular complexity index is 815. The molecule has 4 heterocycles. The number of anilines is 1. The Morgan fingerprint density at radius 2 is 2.36 bits per heavy atom. The molecule has 1 fully saturated rings. The highest BCUT2D eigenvalue weighted by Gasteiger charge is 2.26. The van der Waals surface area contributed by atoms with E-state index in [0.29, 0.717) is 6.54 Å². The van der Waals surface area contributed by atoms with Crippen molar-refractivity contribution in [1.29, 1.82) is 0 Å². The van der Waals surface area contributed by atoms with E-state index >= 15 is 0 Å². The van der Waals surface area contributed by atoms with Crippen LogP contribution >= 0.6 is 11.3 Å². The number of fused-ring (bicyclic) bond motifs is 1. The molecule has 0 radical (unpaired) electrons. The first-order chi connectivity index (χ1) is 12.3. The summed E-state index contributed by atoms with van der Waals surface area (Å²) in [6.07, 6.45) is 8.55. The second kappa shape index (κ2) is 7.23. The Balaban J connectivity index is 1.29. The summed E-state index contributed by atoms with van der Waals surface area (Å²) < 4.78 is 2.02. The van der Waals surface area contributed by atoms with Crippen molar-refractivity contribution in [1.82, 2.24) is 19.7 Å². The Morgan fingerprint density at radius 3 is 3.20 bits per heavy atom. The summed E-state index contributed by atoms with van der Waals surface area (Å²) in [4.78, 5) is 24.7. The molecule has 3 aromatic rings. The van der Waals surface area contributed by atoms with E-state index in [-0.39, 0.29) is 11.8 Å². The highest BCUT2D eigenvalue weighted by Crippen LogP contribution is 2.21. The minimum Gasteiger partial charge on any atom is -0.356 e. The number of hydrogen-bond acceptors (Lipinski definition) is 5. The van der Waals surface area contributed by atoms with E-state index in [1.54, 1.807) is 17.5 Å². The van der Waals surface area contributed by atoms with Crippen molar-refractivity contribution in [2.45, 2.75) is 19.3 Å². The van der Waals surface area contributed by atoms with E-state index in [1.807, 2.05) is 40.4 Å². The molecule has 1 atom stereocenters. The van der Waals surface area contributed by atoms with Crippen LogP contribution in [-0.4, -0.2) is 39.9 Å².